The van der Waals surface area contributed by atoms with Gasteiger partial charge in [-0.05, 0) is 85.8 Å². The minimum absolute atomic E-state index is 0.340. The maximum atomic E-state index is 9.92. The van der Waals surface area contributed by atoms with E-state index in [-0.39, 0.29) is 0 Å². The standard InChI is InChI=1S/C20H24O2/c1-13-11-18(12-14(2)20(13)22)17-5-3-15(4-6-17)16-7-9-19(21)10-8-16/h7-12,15,17,21-22H,3-6H2,1-2H3/t15-,17+. The van der Waals surface area contributed by atoms with Gasteiger partial charge in [-0.25, -0.2) is 0 Å². The lowest BCUT2D eigenvalue weighted by Gasteiger charge is -2.29. The summed E-state index contributed by atoms with van der Waals surface area (Å²) in [4.78, 5) is 0. The molecule has 0 amide bonds. The maximum Gasteiger partial charge on any atom is 0.121 e. The van der Waals surface area contributed by atoms with Gasteiger partial charge >= 0.3 is 0 Å². The fourth-order valence-corrected chi connectivity index (χ4v) is 3.73. The molecule has 0 aliphatic heterocycles. The van der Waals surface area contributed by atoms with Gasteiger partial charge in [0.05, 0.1) is 0 Å². The van der Waals surface area contributed by atoms with Gasteiger partial charge in [0, 0.05) is 0 Å². The quantitative estimate of drug-likeness (QED) is 0.804. The van der Waals surface area contributed by atoms with Crippen LogP contribution in [0.25, 0.3) is 0 Å². The Morgan fingerprint density at radius 2 is 1.18 bits per heavy atom. The first-order valence-corrected chi connectivity index (χ1v) is 8.13. The number of hydrogen-bond acceptors (Lipinski definition) is 2. The zero-order valence-electron chi connectivity index (χ0n) is 13.3. The largest absolute Gasteiger partial charge is 0.508 e. The molecule has 0 radical (unpaired) electrons. The zero-order chi connectivity index (χ0) is 15.7. The van der Waals surface area contributed by atoms with Crippen LogP contribution in [0.3, 0.4) is 0 Å². The zero-order valence-corrected chi connectivity index (χ0v) is 13.3. The Kier molecular flexibility index (Phi) is 4.10. The second-order valence-corrected chi connectivity index (χ2v) is 6.64. The van der Waals surface area contributed by atoms with Crippen LogP contribution in [0.15, 0.2) is 36.4 Å². The first-order chi connectivity index (χ1) is 10.5. The van der Waals surface area contributed by atoms with E-state index in [4.69, 9.17) is 0 Å². The Bertz CT molecular complexity index is 627. The van der Waals surface area contributed by atoms with E-state index in [0.29, 0.717) is 23.3 Å². The highest BCUT2D eigenvalue weighted by Crippen LogP contribution is 2.41. The molecule has 2 heteroatoms. The van der Waals surface area contributed by atoms with Crippen molar-refractivity contribution in [3.05, 3.63) is 58.7 Å². The van der Waals surface area contributed by atoms with Crippen molar-refractivity contribution in [3.8, 4) is 11.5 Å². The van der Waals surface area contributed by atoms with Gasteiger partial charge < -0.3 is 10.2 Å². The summed E-state index contributed by atoms with van der Waals surface area (Å²) < 4.78 is 0. The second kappa shape index (κ2) is 6.04. The molecule has 2 nitrogen and oxygen atoms in total. The highest BCUT2D eigenvalue weighted by molar-refractivity contribution is 5.43. The molecule has 0 heterocycles. The van der Waals surface area contributed by atoms with Gasteiger partial charge in [0.25, 0.3) is 0 Å². The van der Waals surface area contributed by atoms with Gasteiger partial charge in [-0.2, -0.15) is 0 Å². The molecule has 2 N–H and O–H groups in total. The molecule has 1 fully saturated rings. The van der Waals surface area contributed by atoms with Crippen LogP contribution in [-0.2, 0) is 0 Å². The second-order valence-electron chi connectivity index (χ2n) is 6.64. The average Bonchev–Trinajstić information content (AvgIpc) is 2.53. The van der Waals surface area contributed by atoms with E-state index in [0.717, 1.165) is 11.1 Å². The predicted octanol–water partition coefficient (Wildman–Crippen LogP) is 5.16. The molecule has 1 saturated carbocycles. The maximum absolute atomic E-state index is 9.92. The number of aromatic hydroxyl groups is 2. The minimum Gasteiger partial charge on any atom is -0.508 e. The normalized spacial score (nSPS) is 21.7. The van der Waals surface area contributed by atoms with E-state index in [1.807, 2.05) is 13.8 Å². The van der Waals surface area contributed by atoms with Crippen LogP contribution < -0.4 is 0 Å². The minimum atomic E-state index is 0.340. The van der Waals surface area contributed by atoms with E-state index in [9.17, 15) is 10.2 Å². The lowest BCUT2D eigenvalue weighted by atomic mass is 9.76. The first-order valence-electron chi connectivity index (χ1n) is 8.13. The van der Waals surface area contributed by atoms with Crippen LogP contribution in [0.2, 0.25) is 0 Å². The molecule has 0 bridgehead atoms. The number of phenolic OH excluding ortho intramolecular Hbond substituents is 2. The molecule has 1 aliphatic carbocycles. The number of rotatable bonds is 2. The van der Waals surface area contributed by atoms with Gasteiger partial charge in [0.2, 0.25) is 0 Å². The van der Waals surface area contributed by atoms with Gasteiger partial charge in [-0.3, -0.25) is 0 Å². The van der Waals surface area contributed by atoms with Crippen molar-refractivity contribution in [2.24, 2.45) is 0 Å². The first kappa shape index (κ1) is 15.0. The smallest absolute Gasteiger partial charge is 0.121 e. The summed E-state index contributed by atoms with van der Waals surface area (Å²) in [7, 11) is 0. The number of aryl methyl sites for hydroxylation is 2. The highest BCUT2D eigenvalue weighted by atomic mass is 16.3. The third kappa shape index (κ3) is 2.96. The van der Waals surface area contributed by atoms with Gasteiger partial charge in [0.1, 0.15) is 11.5 Å². The summed E-state index contributed by atoms with van der Waals surface area (Å²) >= 11 is 0. The van der Waals surface area contributed by atoms with Crippen LogP contribution in [0.5, 0.6) is 11.5 Å². The van der Waals surface area contributed by atoms with Crippen molar-refractivity contribution in [2.45, 2.75) is 51.4 Å². The van der Waals surface area contributed by atoms with E-state index in [2.05, 4.69) is 24.3 Å². The van der Waals surface area contributed by atoms with E-state index in [1.165, 1.54) is 36.8 Å². The molecule has 0 spiro atoms. The van der Waals surface area contributed by atoms with Crippen molar-refractivity contribution in [1.29, 1.82) is 0 Å². The Labute approximate surface area is 132 Å². The summed E-state index contributed by atoms with van der Waals surface area (Å²) in [5.41, 5.74) is 4.68. The molecule has 1 aliphatic rings. The predicted molar refractivity (Wildman–Crippen MR) is 89.6 cm³/mol. The van der Waals surface area contributed by atoms with Crippen LogP contribution in [0.4, 0.5) is 0 Å². The summed E-state index contributed by atoms with van der Waals surface area (Å²) in [6.45, 7) is 3.96. The molecule has 0 saturated heterocycles. The number of hydrogen-bond donors (Lipinski definition) is 2. The van der Waals surface area contributed by atoms with Gasteiger partial charge in [-0.15, -0.1) is 0 Å². The Morgan fingerprint density at radius 3 is 1.68 bits per heavy atom. The Balaban J connectivity index is 1.70. The summed E-state index contributed by atoms with van der Waals surface area (Å²) in [5, 5.41) is 19.3. The molecule has 0 atom stereocenters. The number of phenols is 2. The SMILES string of the molecule is Cc1cc([C@H]2CC[C@@H](c3ccc(O)cc3)CC2)cc(C)c1O. The van der Waals surface area contributed by atoms with Crippen molar-refractivity contribution in [2.75, 3.05) is 0 Å². The Morgan fingerprint density at radius 1 is 0.727 bits per heavy atom. The summed E-state index contributed by atoms with van der Waals surface area (Å²) in [5.74, 6) is 1.98. The van der Waals surface area contributed by atoms with Crippen LogP contribution in [0.1, 0.15) is 59.8 Å². The molecule has 0 unspecified atom stereocenters. The van der Waals surface area contributed by atoms with Crippen molar-refractivity contribution in [3.63, 3.8) is 0 Å². The van der Waals surface area contributed by atoms with Crippen LogP contribution in [0, 0.1) is 13.8 Å². The molecular weight excluding hydrogens is 272 g/mol. The van der Waals surface area contributed by atoms with E-state index in [1.54, 1.807) is 12.1 Å². The lowest BCUT2D eigenvalue weighted by molar-refractivity contribution is 0.395. The van der Waals surface area contributed by atoms with Crippen LogP contribution >= 0.6 is 0 Å². The lowest BCUT2D eigenvalue weighted by Crippen LogP contribution is -2.12. The van der Waals surface area contributed by atoms with Crippen LogP contribution in [-0.4, -0.2) is 10.2 Å². The fourth-order valence-electron chi connectivity index (χ4n) is 3.73. The van der Waals surface area contributed by atoms with E-state index < -0.39 is 0 Å². The summed E-state index contributed by atoms with van der Waals surface area (Å²) in [6.07, 6.45) is 4.76. The van der Waals surface area contributed by atoms with Crippen molar-refractivity contribution in [1.82, 2.24) is 0 Å². The molecule has 22 heavy (non-hydrogen) atoms. The van der Waals surface area contributed by atoms with Crippen molar-refractivity contribution >= 4 is 0 Å². The van der Waals surface area contributed by atoms with Crippen molar-refractivity contribution < 1.29 is 10.2 Å². The molecule has 2 aromatic rings. The molecule has 116 valence electrons. The average molecular weight is 296 g/mol. The number of benzene rings is 2. The van der Waals surface area contributed by atoms with E-state index >= 15 is 0 Å². The third-order valence-corrected chi connectivity index (χ3v) is 5.08. The highest BCUT2D eigenvalue weighted by Gasteiger charge is 2.24. The van der Waals surface area contributed by atoms with Gasteiger partial charge in [0.15, 0.2) is 0 Å². The van der Waals surface area contributed by atoms with Gasteiger partial charge in [-0.1, -0.05) is 24.3 Å². The molecular formula is C20H24O2. The fraction of sp³-hybridized carbons (Fsp3) is 0.400. The monoisotopic (exact) mass is 296 g/mol. The molecule has 3 rings (SSSR count). The topological polar surface area (TPSA) is 40.5 Å². The third-order valence-electron chi connectivity index (χ3n) is 5.08. The summed E-state index contributed by atoms with van der Waals surface area (Å²) in [6, 6.07) is 12.0. The molecule has 2 aromatic carbocycles. The molecule has 0 aromatic heterocycles. The Hall–Kier alpha value is -1.96.